The first-order chi connectivity index (χ1) is 7.44. The number of hydrogen-bond donors (Lipinski definition) is 3. The average molecular weight is 224 g/mol. The van der Waals surface area contributed by atoms with Crippen molar-refractivity contribution in [1.82, 2.24) is 9.97 Å². The Bertz CT molecular complexity index is 448. The molecule has 1 aromatic heterocycles. The van der Waals surface area contributed by atoms with Crippen LogP contribution in [-0.2, 0) is 0 Å². The van der Waals surface area contributed by atoms with Crippen LogP contribution in [-0.4, -0.2) is 33.8 Å². The summed E-state index contributed by atoms with van der Waals surface area (Å²) in [6, 6.07) is 0. The predicted octanol–water partition coefficient (Wildman–Crippen LogP) is -0.441. The molecule has 0 amide bonds. The molecule has 6 heteroatoms. The average Bonchev–Trinajstić information content (AvgIpc) is 2.17. The van der Waals surface area contributed by atoms with Crippen LogP contribution >= 0.6 is 0 Å². The van der Waals surface area contributed by atoms with Gasteiger partial charge in [0.25, 0.3) is 5.56 Å². The van der Waals surface area contributed by atoms with E-state index in [2.05, 4.69) is 9.97 Å². The smallest absolute Gasteiger partial charge is 0.276 e. The maximum atomic E-state index is 11.3. The van der Waals surface area contributed by atoms with Crippen LogP contribution in [0.15, 0.2) is 11.1 Å². The van der Waals surface area contributed by atoms with E-state index in [9.17, 15) is 9.90 Å². The van der Waals surface area contributed by atoms with Gasteiger partial charge in [-0.2, -0.15) is 0 Å². The lowest BCUT2D eigenvalue weighted by Crippen LogP contribution is -2.65. The monoisotopic (exact) mass is 224 g/mol. The van der Waals surface area contributed by atoms with E-state index in [-0.39, 0.29) is 17.2 Å². The van der Waals surface area contributed by atoms with Gasteiger partial charge in [-0.25, -0.2) is 4.98 Å². The molecule has 0 bridgehead atoms. The molecule has 0 radical (unpaired) electrons. The van der Waals surface area contributed by atoms with Crippen LogP contribution in [0, 0.1) is 5.92 Å². The van der Waals surface area contributed by atoms with Crippen LogP contribution in [0.3, 0.4) is 0 Å². The highest BCUT2D eigenvalue weighted by atomic mass is 16.3. The first-order valence-electron chi connectivity index (χ1n) is 5.24. The minimum Gasteiger partial charge on any atom is -0.391 e. The SMILES string of the molecule is CC(C)C1(O)CN(c2nc[nH]c(=O)c2N)C1. The van der Waals surface area contributed by atoms with Crippen molar-refractivity contribution in [2.75, 3.05) is 23.7 Å². The lowest BCUT2D eigenvalue weighted by Gasteiger charge is -2.49. The Labute approximate surface area is 93.1 Å². The van der Waals surface area contributed by atoms with Crippen LogP contribution in [0.2, 0.25) is 0 Å². The van der Waals surface area contributed by atoms with Gasteiger partial charge in [-0.1, -0.05) is 13.8 Å². The first kappa shape index (κ1) is 10.9. The summed E-state index contributed by atoms with van der Waals surface area (Å²) >= 11 is 0. The quantitative estimate of drug-likeness (QED) is 0.633. The lowest BCUT2D eigenvalue weighted by atomic mass is 9.83. The van der Waals surface area contributed by atoms with Gasteiger partial charge < -0.3 is 20.7 Å². The van der Waals surface area contributed by atoms with Crippen molar-refractivity contribution in [2.24, 2.45) is 5.92 Å². The molecule has 0 spiro atoms. The maximum Gasteiger partial charge on any atom is 0.276 e. The summed E-state index contributed by atoms with van der Waals surface area (Å²) in [7, 11) is 0. The van der Waals surface area contributed by atoms with Gasteiger partial charge in [0.05, 0.1) is 19.4 Å². The number of hydrogen-bond acceptors (Lipinski definition) is 5. The van der Waals surface area contributed by atoms with Crippen molar-refractivity contribution in [3.05, 3.63) is 16.7 Å². The molecule has 0 saturated carbocycles. The molecule has 0 aromatic carbocycles. The molecular formula is C10H16N4O2. The molecule has 0 atom stereocenters. The zero-order chi connectivity index (χ0) is 11.9. The van der Waals surface area contributed by atoms with Gasteiger partial charge in [0.2, 0.25) is 0 Å². The van der Waals surface area contributed by atoms with Crippen LogP contribution in [0.5, 0.6) is 0 Å². The maximum absolute atomic E-state index is 11.3. The number of β-amino-alcohol motifs (C(OH)–C–C–N with tert-alkyl or cyclic N) is 1. The van der Waals surface area contributed by atoms with Crippen LogP contribution in [0.1, 0.15) is 13.8 Å². The summed E-state index contributed by atoms with van der Waals surface area (Å²) in [5.74, 6) is 0.626. The molecule has 4 N–H and O–H groups in total. The number of aromatic amines is 1. The summed E-state index contributed by atoms with van der Waals surface area (Å²) in [5.41, 5.74) is 4.69. The highest BCUT2D eigenvalue weighted by Gasteiger charge is 2.44. The van der Waals surface area contributed by atoms with E-state index in [1.54, 1.807) is 0 Å². The fourth-order valence-electron chi connectivity index (χ4n) is 1.78. The molecule has 2 heterocycles. The Morgan fingerprint density at radius 1 is 1.62 bits per heavy atom. The minimum atomic E-state index is -0.698. The molecule has 6 nitrogen and oxygen atoms in total. The van der Waals surface area contributed by atoms with Gasteiger partial charge in [-0.15, -0.1) is 0 Å². The Morgan fingerprint density at radius 2 is 2.25 bits per heavy atom. The fourth-order valence-corrected chi connectivity index (χ4v) is 1.78. The molecule has 16 heavy (non-hydrogen) atoms. The van der Waals surface area contributed by atoms with Crippen molar-refractivity contribution in [1.29, 1.82) is 0 Å². The topological polar surface area (TPSA) is 95.2 Å². The van der Waals surface area contributed by atoms with E-state index < -0.39 is 5.60 Å². The predicted molar refractivity (Wildman–Crippen MR) is 61.3 cm³/mol. The third kappa shape index (κ3) is 1.55. The van der Waals surface area contributed by atoms with E-state index in [0.717, 1.165) is 0 Å². The zero-order valence-corrected chi connectivity index (χ0v) is 9.40. The van der Waals surface area contributed by atoms with Crippen molar-refractivity contribution >= 4 is 11.5 Å². The number of rotatable bonds is 2. The minimum absolute atomic E-state index is 0.105. The Balaban J connectivity index is 2.19. The molecule has 0 unspecified atom stereocenters. The van der Waals surface area contributed by atoms with Crippen LogP contribution in [0.25, 0.3) is 0 Å². The summed E-state index contributed by atoms with van der Waals surface area (Å²) in [6.45, 7) is 4.86. The van der Waals surface area contributed by atoms with Gasteiger partial charge in [-0.05, 0) is 5.92 Å². The van der Waals surface area contributed by atoms with E-state index in [1.165, 1.54) is 6.33 Å². The van der Waals surface area contributed by atoms with Crippen molar-refractivity contribution < 1.29 is 5.11 Å². The lowest BCUT2D eigenvalue weighted by molar-refractivity contribution is -0.0303. The second-order valence-corrected chi connectivity index (χ2v) is 4.58. The Hall–Kier alpha value is -1.56. The van der Waals surface area contributed by atoms with Crippen LogP contribution in [0.4, 0.5) is 11.5 Å². The number of anilines is 2. The normalized spacial score (nSPS) is 18.6. The van der Waals surface area contributed by atoms with Crippen molar-refractivity contribution in [3.63, 3.8) is 0 Å². The number of nitrogens with one attached hydrogen (secondary N) is 1. The summed E-state index contributed by atoms with van der Waals surface area (Å²) in [5, 5.41) is 10.1. The summed E-state index contributed by atoms with van der Waals surface area (Å²) in [6.07, 6.45) is 1.32. The zero-order valence-electron chi connectivity index (χ0n) is 9.40. The molecule has 2 rings (SSSR count). The van der Waals surface area contributed by atoms with E-state index in [0.29, 0.717) is 18.9 Å². The van der Waals surface area contributed by atoms with Gasteiger partial charge in [0, 0.05) is 0 Å². The Kier molecular flexibility index (Phi) is 2.38. The standard InChI is InChI=1S/C10H16N4O2/c1-6(2)10(16)3-14(4-10)8-7(11)9(15)13-5-12-8/h5-6,16H,3-4,11H2,1-2H3,(H,12,13,15). The number of H-pyrrole nitrogens is 1. The van der Waals surface area contributed by atoms with Gasteiger partial charge in [0.1, 0.15) is 11.3 Å². The third-order valence-electron chi connectivity index (χ3n) is 3.17. The van der Waals surface area contributed by atoms with Gasteiger partial charge >= 0.3 is 0 Å². The molecule has 1 aromatic rings. The largest absolute Gasteiger partial charge is 0.391 e. The highest BCUT2D eigenvalue weighted by Crippen LogP contribution is 2.32. The number of nitrogens with zero attached hydrogens (tertiary/aromatic N) is 2. The molecule has 88 valence electrons. The Morgan fingerprint density at radius 3 is 2.81 bits per heavy atom. The van der Waals surface area contributed by atoms with E-state index in [4.69, 9.17) is 5.73 Å². The molecule has 1 fully saturated rings. The van der Waals surface area contributed by atoms with Crippen molar-refractivity contribution in [2.45, 2.75) is 19.4 Å². The highest BCUT2D eigenvalue weighted by molar-refractivity contribution is 5.62. The van der Waals surface area contributed by atoms with Gasteiger partial charge in [-0.3, -0.25) is 4.79 Å². The number of nitrogen functional groups attached to an aromatic ring is 1. The molecule has 1 saturated heterocycles. The first-order valence-corrected chi connectivity index (χ1v) is 5.24. The fraction of sp³-hybridized carbons (Fsp3) is 0.600. The number of aliphatic hydroxyl groups is 1. The third-order valence-corrected chi connectivity index (χ3v) is 3.17. The van der Waals surface area contributed by atoms with Gasteiger partial charge in [0.15, 0.2) is 5.82 Å². The number of aromatic nitrogens is 2. The molecule has 0 aliphatic carbocycles. The van der Waals surface area contributed by atoms with E-state index >= 15 is 0 Å². The van der Waals surface area contributed by atoms with E-state index in [1.807, 2.05) is 18.7 Å². The summed E-state index contributed by atoms with van der Waals surface area (Å²) < 4.78 is 0. The summed E-state index contributed by atoms with van der Waals surface area (Å²) in [4.78, 5) is 19.5. The molecular weight excluding hydrogens is 208 g/mol. The molecule has 1 aliphatic rings. The van der Waals surface area contributed by atoms with Crippen LogP contribution < -0.4 is 16.2 Å². The van der Waals surface area contributed by atoms with Crippen molar-refractivity contribution in [3.8, 4) is 0 Å². The second-order valence-electron chi connectivity index (χ2n) is 4.58. The number of nitrogens with two attached hydrogens (primary N) is 1. The molecule has 1 aliphatic heterocycles. The second kappa shape index (κ2) is 3.48.